The summed E-state index contributed by atoms with van der Waals surface area (Å²) in [5.41, 5.74) is 7.01. The van der Waals surface area contributed by atoms with Gasteiger partial charge < -0.3 is 4.90 Å². The van der Waals surface area contributed by atoms with Crippen LogP contribution >= 0.6 is 0 Å². The van der Waals surface area contributed by atoms with E-state index in [9.17, 15) is 0 Å². The van der Waals surface area contributed by atoms with E-state index in [1.54, 1.807) is 18.2 Å². The van der Waals surface area contributed by atoms with E-state index in [-0.39, 0.29) is 41.4 Å². The monoisotopic (exact) mass is 510 g/mol. The number of benzene rings is 6. The molecule has 0 atom stereocenters. The number of anilines is 3. The van der Waals surface area contributed by atoms with Crippen LogP contribution in [0.25, 0.3) is 33.4 Å². The lowest BCUT2D eigenvalue weighted by Crippen LogP contribution is -2.45. The third kappa shape index (κ3) is 3.42. The molecule has 0 spiro atoms. The van der Waals surface area contributed by atoms with Crippen molar-refractivity contribution in [3.05, 3.63) is 145 Å². The highest BCUT2D eigenvalue weighted by Gasteiger charge is 2.42. The molecule has 8 rings (SSSR count). The minimum absolute atomic E-state index is 0.101. The summed E-state index contributed by atoms with van der Waals surface area (Å²) in [6, 6.07) is 6.48. The molecule has 1 nitrogen and oxygen atoms in total. The summed E-state index contributed by atoms with van der Waals surface area (Å²) < 4.78 is 127. The molecule has 0 amide bonds. The third-order valence-electron chi connectivity index (χ3n) is 7.37. The van der Waals surface area contributed by atoms with Gasteiger partial charge >= 0.3 is 0 Å². The standard InChI is InChI=1S/C37H26BN/c1-25-21-33-31-23-27(26-11-5-2-6-12-26)17-19-35(31)38-36-20-18-30(24-32(36)34(22-25)37(33)38)39(28-13-7-3-8-14-28)29-15-9-4-10-16-29/h2-24H,1H3/i2D,3D,4D,5D,6D,7D,8D,9D,10D,11D,12D,13D,14D,15D,16D. The van der Waals surface area contributed by atoms with Crippen molar-refractivity contribution in [3.8, 4) is 33.4 Å². The molecule has 6 aromatic carbocycles. The summed E-state index contributed by atoms with van der Waals surface area (Å²) in [5.74, 6) is 0. The van der Waals surface area contributed by atoms with Gasteiger partial charge in [-0.1, -0.05) is 113 Å². The minimum atomic E-state index is -0.649. The van der Waals surface area contributed by atoms with Gasteiger partial charge in [0.05, 0.1) is 20.6 Å². The first-order valence-corrected chi connectivity index (χ1v) is 12.4. The Labute approximate surface area is 251 Å². The first kappa shape index (κ1) is 11.9. The summed E-state index contributed by atoms with van der Waals surface area (Å²) >= 11 is 0. The van der Waals surface area contributed by atoms with Crippen LogP contribution in [-0.2, 0) is 0 Å². The van der Waals surface area contributed by atoms with E-state index in [2.05, 4.69) is 0 Å². The Morgan fingerprint density at radius 1 is 0.513 bits per heavy atom. The number of rotatable bonds is 4. The van der Waals surface area contributed by atoms with Gasteiger partial charge in [0.25, 0.3) is 0 Å². The Morgan fingerprint density at radius 3 is 1.67 bits per heavy atom. The van der Waals surface area contributed by atoms with E-state index in [0.29, 0.717) is 5.56 Å². The van der Waals surface area contributed by atoms with Gasteiger partial charge in [0, 0.05) is 17.1 Å². The van der Waals surface area contributed by atoms with Crippen molar-refractivity contribution < 1.29 is 20.6 Å². The Hall–Kier alpha value is -4.82. The lowest BCUT2D eigenvalue weighted by molar-refractivity contribution is 1.29. The van der Waals surface area contributed by atoms with Crippen LogP contribution in [0, 0.1) is 6.92 Å². The number of nitrogens with zero attached hydrogens (tertiary/aromatic N) is 1. The van der Waals surface area contributed by atoms with E-state index in [4.69, 9.17) is 20.6 Å². The molecule has 0 aromatic heterocycles. The van der Waals surface area contributed by atoms with Gasteiger partial charge in [-0.25, -0.2) is 0 Å². The van der Waals surface area contributed by atoms with Crippen molar-refractivity contribution in [2.75, 3.05) is 4.90 Å². The quantitative estimate of drug-likeness (QED) is 0.220. The molecule has 2 aliphatic rings. The molecule has 0 unspecified atom stereocenters. The van der Waals surface area contributed by atoms with Crippen molar-refractivity contribution in [1.82, 2.24) is 0 Å². The fourth-order valence-corrected chi connectivity index (χ4v) is 5.87. The molecule has 182 valence electrons. The predicted molar refractivity (Wildman–Crippen MR) is 167 cm³/mol. The van der Waals surface area contributed by atoms with Crippen molar-refractivity contribution in [2.24, 2.45) is 0 Å². The van der Waals surface area contributed by atoms with Crippen LogP contribution < -0.4 is 21.3 Å². The topological polar surface area (TPSA) is 3.24 Å². The Morgan fingerprint density at radius 2 is 1.05 bits per heavy atom. The summed E-state index contributed by atoms with van der Waals surface area (Å²) in [6.45, 7) is 1.66. The second kappa shape index (κ2) is 8.61. The highest BCUT2D eigenvalue weighted by atomic mass is 15.1. The molecule has 39 heavy (non-hydrogen) atoms. The Bertz CT molecular complexity index is 2560. The first-order chi connectivity index (χ1) is 25.5. The Balaban J connectivity index is 1.36. The average Bonchev–Trinajstić information content (AvgIpc) is 3.65. The van der Waals surface area contributed by atoms with Gasteiger partial charge in [-0.3, -0.25) is 0 Å². The molecule has 0 aliphatic carbocycles. The van der Waals surface area contributed by atoms with Crippen LogP contribution in [0.4, 0.5) is 17.1 Å². The highest BCUT2D eigenvalue weighted by molar-refractivity contribution is 7.02. The van der Waals surface area contributed by atoms with Gasteiger partial charge in [0.1, 0.15) is 0 Å². The van der Waals surface area contributed by atoms with Crippen LogP contribution in [0.5, 0.6) is 0 Å². The van der Waals surface area contributed by atoms with Gasteiger partial charge in [-0.15, -0.1) is 0 Å². The van der Waals surface area contributed by atoms with E-state index in [1.165, 1.54) is 0 Å². The van der Waals surface area contributed by atoms with Crippen molar-refractivity contribution >= 4 is 40.2 Å². The van der Waals surface area contributed by atoms with Crippen LogP contribution in [0.2, 0.25) is 0 Å². The maximum Gasteiger partial charge on any atom is 0.244 e. The molecule has 2 aliphatic heterocycles. The van der Waals surface area contributed by atoms with Crippen molar-refractivity contribution in [2.45, 2.75) is 6.92 Å². The molecule has 0 N–H and O–H groups in total. The fraction of sp³-hybridized carbons (Fsp3) is 0.0270. The van der Waals surface area contributed by atoms with E-state index in [1.807, 2.05) is 37.3 Å². The first-order valence-electron chi connectivity index (χ1n) is 19.9. The molecule has 2 heterocycles. The zero-order valence-electron chi connectivity index (χ0n) is 35.6. The normalized spacial score (nSPS) is 17.6. The lowest BCUT2D eigenvalue weighted by Gasteiger charge is -2.26. The smallest absolute Gasteiger partial charge is 0.244 e. The number of hydrogen-bond donors (Lipinski definition) is 0. The minimum Gasteiger partial charge on any atom is -0.310 e. The molecule has 0 saturated carbocycles. The SMILES string of the molecule is [2H]c1c([2H])c([2H])c(-c2ccc3c(c2)-c2cc(C)cc4c2B3c2ccc(N(c3c([2H])c([2H])c([2H])c([2H])c3[2H])c3c([2H])c([2H])c([2H])c([2H])c3[2H])cc2-4)c([2H])c1[2H]. The van der Waals surface area contributed by atoms with Gasteiger partial charge in [0.2, 0.25) is 6.71 Å². The second-order valence-electron chi connectivity index (χ2n) is 9.56. The maximum atomic E-state index is 8.82. The molecule has 2 heteroatoms. The molecular weight excluding hydrogens is 469 g/mol. The lowest BCUT2D eigenvalue weighted by atomic mass is 9.41. The molecule has 0 saturated heterocycles. The average molecular weight is 511 g/mol. The number of aryl methyl sites for hydroxylation is 1. The van der Waals surface area contributed by atoms with E-state index < -0.39 is 78.6 Å². The molecule has 0 radical (unpaired) electrons. The van der Waals surface area contributed by atoms with Crippen LogP contribution in [-0.4, -0.2) is 6.71 Å². The summed E-state index contributed by atoms with van der Waals surface area (Å²) in [4.78, 5) is 1.15. The van der Waals surface area contributed by atoms with Gasteiger partial charge in [-0.05, 0) is 88.2 Å². The van der Waals surface area contributed by atoms with E-state index >= 15 is 0 Å². The third-order valence-corrected chi connectivity index (χ3v) is 7.37. The number of fused-ring (bicyclic) bond motifs is 6. The van der Waals surface area contributed by atoms with Crippen LogP contribution in [0.15, 0.2) is 139 Å². The van der Waals surface area contributed by atoms with Gasteiger partial charge in [0.15, 0.2) is 0 Å². The zero-order chi connectivity index (χ0) is 39.0. The molecule has 0 fully saturated rings. The maximum absolute atomic E-state index is 8.82. The summed E-state index contributed by atoms with van der Waals surface area (Å²) in [5, 5.41) is 0. The fourth-order valence-electron chi connectivity index (χ4n) is 5.87. The molecule has 6 aromatic rings. The molecule has 0 bridgehead atoms. The largest absolute Gasteiger partial charge is 0.310 e. The second-order valence-corrected chi connectivity index (χ2v) is 9.56. The van der Waals surface area contributed by atoms with E-state index in [0.717, 1.165) is 49.1 Å². The summed E-state index contributed by atoms with van der Waals surface area (Å²) in [6.07, 6.45) is 0. The number of hydrogen-bond acceptors (Lipinski definition) is 1. The van der Waals surface area contributed by atoms with Crippen molar-refractivity contribution in [3.63, 3.8) is 0 Å². The summed E-state index contributed by atoms with van der Waals surface area (Å²) in [7, 11) is 0. The highest BCUT2D eigenvalue weighted by Crippen LogP contribution is 2.40. The van der Waals surface area contributed by atoms with Crippen molar-refractivity contribution in [1.29, 1.82) is 0 Å². The van der Waals surface area contributed by atoms with Crippen LogP contribution in [0.3, 0.4) is 0 Å². The Kier molecular flexibility index (Phi) is 2.63. The zero-order valence-corrected chi connectivity index (χ0v) is 20.6. The van der Waals surface area contributed by atoms with Gasteiger partial charge in [-0.2, -0.15) is 0 Å². The predicted octanol–water partition coefficient (Wildman–Crippen LogP) is 7.61. The molecular formula is C37H26BN. The van der Waals surface area contributed by atoms with Crippen LogP contribution in [0.1, 0.15) is 26.1 Å². The number of para-hydroxylation sites is 2.